The van der Waals surface area contributed by atoms with Gasteiger partial charge in [-0.25, -0.2) is 17.6 Å². The van der Waals surface area contributed by atoms with Crippen molar-refractivity contribution in [1.29, 1.82) is 0 Å². The Balaban J connectivity index is 1.66. The lowest BCUT2D eigenvalue weighted by Crippen LogP contribution is -2.35. The molecule has 0 saturated carbocycles. The van der Waals surface area contributed by atoms with E-state index in [-0.39, 0.29) is 21.2 Å². The molecule has 0 aliphatic carbocycles. The minimum Gasteiger partial charge on any atom is -0.449 e. The molecule has 0 radical (unpaired) electrons. The number of anilines is 1. The Morgan fingerprint density at radius 1 is 1.15 bits per heavy atom. The molecule has 1 heterocycles. The average Bonchev–Trinajstić information content (AvgIpc) is 2.80. The highest BCUT2D eigenvalue weighted by Gasteiger charge is 2.27. The van der Waals surface area contributed by atoms with Crippen molar-refractivity contribution in [1.82, 2.24) is 4.31 Å². The summed E-state index contributed by atoms with van der Waals surface area (Å²) >= 11 is 6.14. The molecule has 1 amide bonds. The number of ether oxygens (including phenoxy) is 1. The lowest BCUT2D eigenvalue weighted by atomic mass is 10.2. The number of benzene rings is 2. The van der Waals surface area contributed by atoms with E-state index in [0.29, 0.717) is 13.1 Å². The average molecular weight is 495 g/mol. The lowest BCUT2D eigenvalue weighted by Gasteiger charge is -2.26. The molecular formula is C23H24ClFN2O5S. The standard InChI is InChI=1S/C23H24ClFN2O5S/c1-16(32-22(28)12-9-17-7-3-4-8-20(17)25)23(29)26-21-15-18(10-11-19(21)24)33(30,31)27-13-5-2-6-14-27/h3-4,7-12,15-16H,2,5-6,13-14H2,1H3,(H,26,29)/b12-9+. The molecule has 0 bridgehead atoms. The number of nitrogens with one attached hydrogen (secondary N) is 1. The van der Waals surface area contributed by atoms with Gasteiger partial charge in [0.1, 0.15) is 5.82 Å². The summed E-state index contributed by atoms with van der Waals surface area (Å²) in [7, 11) is -3.72. The first-order chi connectivity index (χ1) is 15.7. The Hall–Kier alpha value is -2.75. The number of carbonyl (C=O) groups excluding carboxylic acids is 2. The van der Waals surface area contributed by atoms with Crippen LogP contribution in [0.3, 0.4) is 0 Å². The Morgan fingerprint density at radius 3 is 2.55 bits per heavy atom. The Bertz CT molecular complexity index is 1160. The molecule has 2 aromatic carbocycles. The summed E-state index contributed by atoms with van der Waals surface area (Å²) in [6.07, 6.45) is 3.63. The van der Waals surface area contributed by atoms with Gasteiger partial charge in [0.15, 0.2) is 6.10 Å². The molecule has 1 aliphatic rings. The predicted octanol–water partition coefficient (Wildman–Crippen LogP) is 4.24. The zero-order valence-corrected chi connectivity index (χ0v) is 19.5. The highest BCUT2D eigenvalue weighted by Crippen LogP contribution is 2.28. The second kappa shape index (κ2) is 10.9. The first-order valence-electron chi connectivity index (χ1n) is 10.4. The van der Waals surface area contributed by atoms with Gasteiger partial charge in [-0.15, -0.1) is 0 Å². The van der Waals surface area contributed by atoms with Crippen LogP contribution in [0.5, 0.6) is 0 Å². The number of rotatable bonds is 7. The molecule has 10 heteroatoms. The van der Waals surface area contributed by atoms with Gasteiger partial charge in [-0.3, -0.25) is 4.79 Å². The first-order valence-corrected chi connectivity index (χ1v) is 12.2. The third-order valence-corrected chi connectivity index (χ3v) is 7.34. The van der Waals surface area contributed by atoms with Crippen molar-refractivity contribution in [2.45, 2.75) is 37.2 Å². The second-order valence-electron chi connectivity index (χ2n) is 7.53. The molecule has 3 rings (SSSR count). The SMILES string of the molecule is CC(OC(=O)/C=C/c1ccccc1F)C(=O)Nc1cc(S(=O)(=O)N2CCCCC2)ccc1Cl. The van der Waals surface area contributed by atoms with E-state index in [9.17, 15) is 22.4 Å². The molecular weight excluding hydrogens is 471 g/mol. The largest absolute Gasteiger partial charge is 0.449 e. The minimum absolute atomic E-state index is 0.0153. The lowest BCUT2D eigenvalue weighted by molar-refractivity contribution is -0.148. The predicted molar refractivity (Wildman–Crippen MR) is 124 cm³/mol. The summed E-state index contributed by atoms with van der Waals surface area (Å²) in [6.45, 7) is 2.24. The maximum atomic E-state index is 13.6. The number of hydrogen-bond acceptors (Lipinski definition) is 5. The van der Waals surface area contributed by atoms with Crippen LogP contribution in [0.4, 0.5) is 10.1 Å². The minimum atomic E-state index is -3.72. The quantitative estimate of drug-likeness (QED) is 0.459. The molecule has 1 N–H and O–H groups in total. The maximum Gasteiger partial charge on any atom is 0.331 e. The van der Waals surface area contributed by atoms with E-state index in [0.717, 1.165) is 25.3 Å². The number of amides is 1. The van der Waals surface area contributed by atoms with Crippen LogP contribution >= 0.6 is 11.6 Å². The van der Waals surface area contributed by atoms with Crippen LogP contribution in [0, 0.1) is 5.82 Å². The van der Waals surface area contributed by atoms with Gasteiger partial charge in [0.25, 0.3) is 5.91 Å². The fraction of sp³-hybridized carbons (Fsp3) is 0.304. The van der Waals surface area contributed by atoms with E-state index >= 15 is 0 Å². The first kappa shape index (κ1) is 24.9. The second-order valence-corrected chi connectivity index (χ2v) is 9.87. The van der Waals surface area contributed by atoms with Crippen LogP contribution in [0.15, 0.2) is 53.4 Å². The van der Waals surface area contributed by atoms with Crippen molar-refractivity contribution in [3.63, 3.8) is 0 Å². The summed E-state index contributed by atoms with van der Waals surface area (Å²) in [5.74, 6) is -2.04. The van der Waals surface area contributed by atoms with Gasteiger partial charge < -0.3 is 10.1 Å². The summed E-state index contributed by atoms with van der Waals surface area (Å²) in [5, 5.41) is 2.64. The van der Waals surface area contributed by atoms with Crippen molar-refractivity contribution in [3.8, 4) is 0 Å². The number of halogens is 2. The van der Waals surface area contributed by atoms with E-state index in [1.807, 2.05) is 0 Å². The summed E-state index contributed by atoms with van der Waals surface area (Å²) in [6, 6.07) is 9.95. The van der Waals surface area contributed by atoms with Crippen molar-refractivity contribution in [2.24, 2.45) is 0 Å². The molecule has 7 nitrogen and oxygen atoms in total. The van der Waals surface area contributed by atoms with Gasteiger partial charge in [-0.05, 0) is 50.1 Å². The van der Waals surface area contributed by atoms with E-state index in [1.165, 1.54) is 53.7 Å². The number of nitrogens with zero attached hydrogens (tertiary/aromatic N) is 1. The van der Waals surface area contributed by atoms with Crippen molar-refractivity contribution in [3.05, 3.63) is 64.9 Å². The zero-order valence-electron chi connectivity index (χ0n) is 18.0. The van der Waals surface area contributed by atoms with Crippen LogP contribution in [0.1, 0.15) is 31.7 Å². The molecule has 1 saturated heterocycles. The summed E-state index contributed by atoms with van der Waals surface area (Å²) in [4.78, 5) is 24.5. The molecule has 1 aliphatic heterocycles. The van der Waals surface area contributed by atoms with Crippen LogP contribution in [0.25, 0.3) is 6.08 Å². The van der Waals surface area contributed by atoms with Crippen molar-refractivity contribution < 1.29 is 27.1 Å². The van der Waals surface area contributed by atoms with E-state index in [2.05, 4.69) is 5.32 Å². The van der Waals surface area contributed by atoms with Gasteiger partial charge in [-0.1, -0.05) is 36.2 Å². The Labute approximate surface area is 197 Å². The molecule has 1 fully saturated rings. The number of hydrogen-bond donors (Lipinski definition) is 1. The smallest absolute Gasteiger partial charge is 0.331 e. The molecule has 0 aromatic heterocycles. The van der Waals surface area contributed by atoms with Gasteiger partial charge in [0.2, 0.25) is 10.0 Å². The van der Waals surface area contributed by atoms with Crippen LogP contribution in [-0.4, -0.2) is 43.8 Å². The number of sulfonamides is 1. The summed E-state index contributed by atoms with van der Waals surface area (Å²) < 4.78 is 45.9. The van der Waals surface area contributed by atoms with Crippen molar-refractivity contribution >= 4 is 45.3 Å². The molecule has 176 valence electrons. The van der Waals surface area contributed by atoms with E-state index < -0.39 is 33.8 Å². The van der Waals surface area contributed by atoms with Gasteiger partial charge >= 0.3 is 5.97 Å². The number of carbonyl (C=O) groups is 2. The van der Waals surface area contributed by atoms with Crippen LogP contribution in [-0.2, 0) is 24.3 Å². The fourth-order valence-corrected chi connectivity index (χ4v) is 4.99. The topological polar surface area (TPSA) is 92.8 Å². The zero-order chi connectivity index (χ0) is 24.0. The fourth-order valence-electron chi connectivity index (χ4n) is 3.28. The van der Waals surface area contributed by atoms with Crippen LogP contribution in [0.2, 0.25) is 5.02 Å². The monoisotopic (exact) mass is 494 g/mol. The highest BCUT2D eigenvalue weighted by molar-refractivity contribution is 7.89. The molecule has 0 spiro atoms. The Kier molecular flexibility index (Phi) is 8.23. The van der Waals surface area contributed by atoms with E-state index in [4.69, 9.17) is 16.3 Å². The van der Waals surface area contributed by atoms with Crippen LogP contribution < -0.4 is 5.32 Å². The van der Waals surface area contributed by atoms with Crippen molar-refractivity contribution in [2.75, 3.05) is 18.4 Å². The highest BCUT2D eigenvalue weighted by atomic mass is 35.5. The van der Waals surface area contributed by atoms with Gasteiger partial charge in [-0.2, -0.15) is 4.31 Å². The van der Waals surface area contributed by atoms with Gasteiger partial charge in [0, 0.05) is 24.7 Å². The third kappa shape index (κ3) is 6.40. The van der Waals surface area contributed by atoms with Gasteiger partial charge in [0.05, 0.1) is 15.6 Å². The molecule has 1 atom stereocenters. The van der Waals surface area contributed by atoms with E-state index in [1.54, 1.807) is 6.07 Å². The summed E-state index contributed by atoms with van der Waals surface area (Å²) in [5.41, 5.74) is 0.287. The maximum absolute atomic E-state index is 13.6. The number of esters is 1. The molecule has 2 aromatic rings. The molecule has 1 unspecified atom stereocenters. The molecule has 33 heavy (non-hydrogen) atoms. The Morgan fingerprint density at radius 2 is 1.85 bits per heavy atom. The third-order valence-electron chi connectivity index (χ3n) is 5.11. The normalized spacial score (nSPS) is 15.8. The number of piperidine rings is 1.